The highest BCUT2D eigenvalue weighted by Crippen LogP contribution is 2.44. The van der Waals surface area contributed by atoms with E-state index in [-0.39, 0.29) is 26.0 Å². The third-order valence-electron chi connectivity index (χ3n) is 12.0. The van der Waals surface area contributed by atoms with Crippen LogP contribution in [0.3, 0.4) is 0 Å². The van der Waals surface area contributed by atoms with E-state index in [1.807, 2.05) is 67.5 Å². The molecule has 0 heterocycles. The van der Waals surface area contributed by atoms with Crippen LogP contribution in [-0.4, -0.2) is 44.0 Å². The van der Waals surface area contributed by atoms with E-state index in [2.05, 4.69) is 16.0 Å². The summed E-state index contributed by atoms with van der Waals surface area (Å²) in [6.45, 7) is 22.0. The maximum absolute atomic E-state index is 13.5. The quantitative estimate of drug-likeness (QED) is 0.0345. The van der Waals surface area contributed by atoms with Gasteiger partial charge in [0.05, 0.1) is 0 Å². The van der Waals surface area contributed by atoms with Gasteiger partial charge in [0, 0.05) is 51.2 Å². The largest absolute Gasteiger partial charge is 0.507 e. The summed E-state index contributed by atoms with van der Waals surface area (Å²) in [4.78, 5) is -0.732. The molecule has 0 saturated heterocycles. The van der Waals surface area contributed by atoms with Crippen molar-refractivity contribution in [2.45, 2.75) is 115 Å². The standard InChI is InChI=1S/C51H59N3O10S3/c1-28-23-30(3)48(66(59,60)61)32(5)45(28)53-36-17-13-34(14-18-36)44(35-15-19-37(20-16-35)54-46-29(2)24-31(4)49(33(46)6)67(62,63)64)40-22-21-38(27-43(40)65(56,57)58)52-39-25-41(50(7,8)9)47(55)42(26-39)51(10,11)12/h13-27,44,52-55H,1-12H3,(H,56,57,58)(H,59,60,61)(H,62,63,64). The predicted octanol–water partition coefficient (Wildman–Crippen LogP) is 12.0. The van der Waals surface area contributed by atoms with E-state index in [4.69, 9.17) is 0 Å². The first kappa shape index (κ1) is 50.7. The molecule has 0 atom stereocenters. The molecule has 67 heavy (non-hydrogen) atoms. The first-order valence-electron chi connectivity index (χ1n) is 21.4. The molecular formula is C51H59N3O10S3. The zero-order valence-corrected chi connectivity index (χ0v) is 42.2. The van der Waals surface area contributed by atoms with Crippen LogP contribution in [0.15, 0.2) is 106 Å². The fourth-order valence-corrected chi connectivity index (χ4v) is 11.6. The van der Waals surface area contributed by atoms with E-state index in [1.54, 1.807) is 100 Å². The fraction of sp³-hybridized carbons (Fsp3) is 0.294. The third-order valence-corrected chi connectivity index (χ3v) is 15.2. The van der Waals surface area contributed by atoms with E-state index in [0.717, 1.165) is 11.1 Å². The van der Waals surface area contributed by atoms with Gasteiger partial charge in [-0.25, -0.2) is 0 Å². The molecule has 0 aliphatic heterocycles. The second kappa shape index (κ2) is 18.1. The Morgan fingerprint density at radius 1 is 0.448 bits per heavy atom. The highest BCUT2D eigenvalue weighted by Gasteiger charge is 2.29. The molecule has 0 unspecified atom stereocenters. The zero-order chi connectivity index (χ0) is 49.9. The van der Waals surface area contributed by atoms with Crippen LogP contribution in [0.5, 0.6) is 5.75 Å². The number of phenols is 1. The minimum Gasteiger partial charge on any atom is -0.507 e. The van der Waals surface area contributed by atoms with Crippen molar-refractivity contribution in [2.75, 3.05) is 16.0 Å². The van der Waals surface area contributed by atoms with Crippen molar-refractivity contribution in [2.24, 2.45) is 0 Å². The van der Waals surface area contributed by atoms with Gasteiger partial charge in [0.2, 0.25) is 0 Å². The number of aromatic hydroxyl groups is 1. The number of nitrogens with one attached hydrogen (secondary N) is 3. The van der Waals surface area contributed by atoms with Gasteiger partial charge in [0.15, 0.2) is 0 Å². The molecule has 16 heteroatoms. The van der Waals surface area contributed by atoms with Gasteiger partial charge < -0.3 is 21.1 Å². The maximum Gasteiger partial charge on any atom is 0.295 e. The minimum absolute atomic E-state index is 0.184. The van der Waals surface area contributed by atoms with E-state index in [9.17, 15) is 44.0 Å². The molecule has 0 bridgehead atoms. The van der Waals surface area contributed by atoms with Gasteiger partial charge in [-0.3, -0.25) is 13.7 Å². The van der Waals surface area contributed by atoms with E-state index < -0.39 is 47.1 Å². The highest BCUT2D eigenvalue weighted by atomic mass is 32.2. The van der Waals surface area contributed by atoms with Gasteiger partial charge in [-0.1, -0.05) is 84.0 Å². The summed E-state index contributed by atoms with van der Waals surface area (Å²) in [5.41, 5.74) is 8.06. The molecule has 0 saturated carbocycles. The fourth-order valence-electron chi connectivity index (χ4n) is 8.96. The van der Waals surface area contributed by atoms with E-state index in [0.29, 0.717) is 78.6 Å². The molecule has 0 spiro atoms. The van der Waals surface area contributed by atoms with Crippen LogP contribution < -0.4 is 16.0 Å². The van der Waals surface area contributed by atoms with Gasteiger partial charge in [-0.2, -0.15) is 25.3 Å². The number of anilines is 6. The van der Waals surface area contributed by atoms with Crippen LogP contribution >= 0.6 is 0 Å². The van der Waals surface area contributed by atoms with Crippen molar-refractivity contribution in [1.29, 1.82) is 0 Å². The molecule has 0 aliphatic rings. The molecule has 0 aromatic heterocycles. The monoisotopic (exact) mass is 969 g/mol. The molecule has 7 N–H and O–H groups in total. The summed E-state index contributed by atoms with van der Waals surface area (Å²) in [5.74, 6) is -0.616. The molecule has 6 rings (SSSR count). The first-order chi connectivity index (χ1) is 30.8. The van der Waals surface area contributed by atoms with Crippen molar-refractivity contribution in [3.8, 4) is 5.75 Å². The average molecular weight is 970 g/mol. The van der Waals surface area contributed by atoms with Crippen molar-refractivity contribution in [3.63, 3.8) is 0 Å². The lowest BCUT2D eigenvalue weighted by Gasteiger charge is -2.28. The van der Waals surface area contributed by atoms with Crippen LogP contribution in [-0.2, 0) is 41.2 Å². The number of hydrogen-bond acceptors (Lipinski definition) is 10. The smallest absolute Gasteiger partial charge is 0.295 e. The Hall–Kier alpha value is -5.75. The second-order valence-corrected chi connectivity index (χ2v) is 23.4. The van der Waals surface area contributed by atoms with Crippen molar-refractivity contribution in [1.82, 2.24) is 0 Å². The predicted molar refractivity (Wildman–Crippen MR) is 266 cm³/mol. The van der Waals surface area contributed by atoms with E-state index in [1.165, 1.54) is 6.07 Å². The molecule has 0 fully saturated rings. The Bertz CT molecular complexity index is 3090. The van der Waals surface area contributed by atoms with E-state index >= 15 is 0 Å². The molecule has 0 amide bonds. The van der Waals surface area contributed by atoms with Gasteiger partial charge in [0.25, 0.3) is 30.4 Å². The Kier molecular flexibility index (Phi) is 13.6. The lowest BCUT2D eigenvalue weighted by molar-refractivity contribution is 0.423. The van der Waals surface area contributed by atoms with Gasteiger partial charge in [0.1, 0.15) is 20.4 Å². The number of aryl methyl sites for hydroxylation is 4. The van der Waals surface area contributed by atoms with Gasteiger partial charge >= 0.3 is 0 Å². The van der Waals surface area contributed by atoms with Crippen LogP contribution in [0.2, 0.25) is 0 Å². The minimum atomic E-state index is -4.88. The van der Waals surface area contributed by atoms with Crippen LogP contribution in [0, 0.1) is 41.5 Å². The molecule has 6 aromatic carbocycles. The summed E-state index contributed by atoms with van der Waals surface area (Å²) in [7, 11) is -13.9. The Balaban J connectivity index is 1.48. The third kappa shape index (κ3) is 10.9. The topological polar surface area (TPSA) is 219 Å². The van der Waals surface area contributed by atoms with Crippen molar-refractivity contribution < 1.29 is 44.0 Å². The van der Waals surface area contributed by atoms with Crippen LogP contribution in [0.1, 0.15) is 109 Å². The highest BCUT2D eigenvalue weighted by molar-refractivity contribution is 7.86. The Morgan fingerprint density at radius 3 is 1.16 bits per heavy atom. The lowest BCUT2D eigenvalue weighted by atomic mass is 9.79. The molecule has 356 valence electrons. The summed E-state index contributed by atoms with van der Waals surface area (Å²) >= 11 is 0. The molecule has 6 aromatic rings. The number of phenolic OH excluding ortho intramolecular Hbond substituents is 1. The molecule has 13 nitrogen and oxygen atoms in total. The molecule has 0 aliphatic carbocycles. The van der Waals surface area contributed by atoms with Crippen LogP contribution in [0.25, 0.3) is 0 Å². The number of benzene rings is 6. The van der Waals surface area contributed by atoms with Crippen molar-refractivity contribution in [3.05, 3.63) is 152 Å². The number of rotatable bonds is 12. The van der Waals surface area contributed by atoms with Gasteiger partial charge in [-0.05, 0) is 151 Å². The molecular weight excluding hydrogens is 911 g/mol. The second-order valence-electron chi connectivity index (χ2n) is 19.3. The average Bonchev–Trinajstić information content (AvgIpc) is 3.17. The first-order valence-corrected chi connectivity index (χ1v) is 25.8. The lowest BCUT2D eigenvalue weighted by Crippen LogP contribution is -2.17. The summed E-state index contributed by atoms with van der Waals surface area (Å²) in [6, 6.07) is 25.9. The normalized spacial score (nSPS) is 12.7. The summed E-state index contributed by atoms with van der Waals surface area (Å²) in [6.07, 6.45) is 0. The van der Waals surface area contributed by atoms with Crippen LogP contribution in [0.4, 0.5) is 34.1 Å². The zero-order valence-electron chi connectivity index (χ0n) is 39.7. The number of hydrogen-bond donors (Lipinski definition) is 7. The van der Waals surface area contributed by atoms with Gasteiger partial charge in [-0.15, -0.1) is 0 Å². The summed E-state index contributed by atoms with van der Waals surface area (Å²) < 4.78 is 107. The van der Waals surface area contributed by atoms with Crippen molar-refractivity contribution >= 4 is 64.5 Å². The maximum atomic E-state index is 13.5. The molecule has 0 radical (unpaired) electrons. The SMILES string of the molecule is Cc1cc(C)c(S(=O)(=O)O)c(C)c1Nc1ccc(C(c2ccc(Nc3c(C)cc(C)c(S(=O)(=O)O)c3C)cc2)c2ccc(Nc3cc(C(C)(C)C)c(O)c(C(C)(C)C)c3)cc2S(=O)(=O)O)cc1. The summed E-state index contributed by atoms with van der Waals surface area (Å²) in [5, 5.41) is 21.2. The Labute approximate surface area is 395 Å². The Morgan fingerprint density at radius 2 is 0.821 bits per heavy atom.